The summed E-state index contributed by atoms with van der Waals surface area (Å²) in [4.78, 5) is 33.5. The second-order valence-electron chi connectivity index (χ2n) is 9.20. The Bertz CT molecular complexity index is 773. The van der Waals surface area contributed by atoms with E-state index < -0.39 is 0 Å². The van der Waals surface area contributed by atoms with Crippen molar-refractivity contribution in [2.24, 2.45) is 10.8 Å². The first kappa shape index (κ1) is 16.3. The minimum atomic E-state index is -0.353. The zero-order valence-electron chi connectivity index (χ0n) is 15.3. The molecule has 0 saturated heterocycles. The molecule has 0 atom stereocenters. The first-order valence-corrected chi connectivity index (χ1v) is 8.96. The molecule has 0 amide bonds. The number of carbonyl (C=O) groups excluding carboxylic acids is 2. The molecule has 0 fully saturated rings. The number of imidazole rings is 1. The van der Waals surface area contributed by atoms with Gasteiger partial charge >= 0.3 is 0 Å². The van der Waals surface area contributed by atoms with E-state index in [2.05, 4.69) is 43.0 Å². The fraction of sp³-hybridized carbons (Fsp3) is 0.550. The number of Topliss-reactive ketones (excluding diaryl/α,β-unsaturated/α-hetero) is 2. The van der Waals surface area contributed by atoms with E-state index in [1.165, 1.54) is 0 Å². The van der Waals surface area contributed by atoms with Gasteiger partial charge < -0.3 is 10.3 Å². The van der Waals surface area contributed by atoms with Crippen molar-refractivity contribution >= 4 is 11.6 Å². The van der Waals surface area contributed by atoms with Crippen LogP contribution in [0.3, 0.4) is 0 Å². The van der Waals surface area contributed by atoms with E-state index in [9.17, 15) is 9.59 Å². The van der Waals surface area contributed by atoms with Gasteiger partial charge in [-0.3, -0.25) is 9.59 Å². The van der Waals surface area contributed by atoms with Crippen molar-refractivity contribution in [2.45, 2.75) is 59.3 Å². The van der Waals surface area contributed by atoms with Crippen LogP contribution < -0.4 is 5.32 Å². The molecular weight excluding hydrogens is 314 g/mol. The molecule has 0 unspecified atom stereocenters. The van der Waals surface area contributed by atoms with Gasteiger partial charge in [0, 0.05) is 47.8 Å². The minimum absolute atomic E-state index is 0.0666. The standard InChI is InChI=1S/C20H25N3O2/c1-19(2)7-11-15(13(24)9-19)17(18-21-5-6-22-18)16-12(23-11)8-20(3,4)10-14(16)25/h5-6,17,23H,7-10H2,1-4H3,(H,21,22). The number of aromatic amines is 1. The van der Waals surface area contributed by atoms with Crippen LogP contribution in [0.1, 0.15) is 65.1 Å². The normalized spacial score (nSPS) is 25.6. The number of rotatable bonds is 1. The molecule has 0 radical (unpaired) electrons. The monoisotopic (exact) mass is 339 g/mol. The number of allylic oxidation sites excluding steroid dienone is 4. The van der Waals surface area contributed by atoms with Crippen LogP contribution in [-0.4, -0.2) is 21.5 Å². The highest BCUT2D eigenvalue weighted by Gasteiger charge is 2.47. The molecular formula is C20H25N3O2. The largest absolute Gasteiger partial charge is 0.362 e. The van der Waals surface area contributed by atoms with E-state index in [1.807, 2.05) is 0 Å². The summed E-state index contributed by atoms with van der Waals surface area (Å²) < 4.78 is 0. The van der Waals surface area contributed by atoms with Crippen molar-refractivity contribution < 1.29 is 9.59 Å². The first-order chi connectivity index (χ1) is 11.7. The molecule has 0 bridgehead atoms. The van der Waals surface area contributed by atoms with Crippen LogP contribution in [0.5, 0.6) is 0 Å². The van der Waals surface area contributed by atoms with Crippen LogP contribution in [0.2, 0.25) is 0 Å². The maximum Gasteiger partial charge on any atom is 0.162 e. The molecule has 0 saturated carbocycles. The quantitative estimate of drug-likeness (QED) is 0.822. The van der Waals surface area contributed by atoms with E-state index in [1.54, 1.807) is 12.4 Å². The Morgan fingerprint density at radius 2 is 1.44 bits per heavy atom. The predicted molar refractivity (Wildman–Crippen MR) is 94.6 cm³/mol. The molecule has 2 N–H and O–H groups in total. The van der Waals surface area contributed by atoms with E-state index >= 15 is 0 Å². The Labute approximate surface area is 148 Å². The van der Waals surface area contributed by atoms with Crippen molar-refractivity contribution in [3.05, 3.63) is 40.8 Å². The van der Waals surface area contributed by atoms with Crippen LogP contribution >= 0.6 is 0 Å². The topological polar surface area (TPSA) is 74.8 Å². The number of carbonyl (C=O) groups is 2. The molecule has 1 aliphatic heterocycles. The third-order valence-corrected chi connectivity index (χ3v) is 5.51. The van der Waals surface area contributed by atoms with Gasteiger partial charge in [0.05, 0.1) is 5.92 Å². The lowest BCUT2D eigenvalue weighted by molar-refractivity contribution is -0.119. The number of dihydropyridines is 1. The number of aromatic nitrogens is 2. The maximum absolute atomic E-state index is 13.0. The lowest BCUT2D eigenvalue weighted by Crippen LogP contribution is -2.42. The van der Waals surface area contributed by atoms with Gasteiger partial charge in [-0.15, -0.1) is 0 Å². The van der Waals surface area contributed by atoms with Crippen LogP contribution in [0.4, 0.5) is 0 Å². The van der Waals surface area contributed by atoms with Gasteiger partial charge in [-0.25, -0.2) is 4.98 Å². The third-order valence-electron chi connectivity index (χ3n) is 5.51. The zero-order chi connectivity index (χ0) is 18.0. The average Bonchev–Trinajstić information content (AvgIpc) is 2.95. The number of nitrogens with zero attached hydrogens (tertiary/aromatic N) is 1. The molecule has 2 heterocycles. The van der Waals surface area contributed by atoms with Gasteiger partial charge in [-0.05, 0) is 23.7 Å². The van der Waals surface area contributed by atoms with Crippen molar-refractivity contribution in [3.63, 3.8) is 0 Å². The summed E-state index contributed by atoms with van der Waals surface area (Å²) in [5, 5.41) is 3.50. The van der Waals surface area contributed by atoms with Crippen LogP contribution in [0.15, 0.2) is 34.9 Å². The fourth-order valence-corrected chi connectivity index (χ4v) is 4.60. The SMILES string of the molecule is CC1(C)CC(=O)C2=C(C1)NC1=C(C(=O)CC(C)(C)C1)C2c1ncc[nH]1. The van der Waals surface area contributed by atoms with Crippen LogP contribution in [-0.2, 0) is 9.59 Å². The summed E-state index contributed by atoms with van der Waals surface area (Å²) >= 11 is 0. The molecule has 5 nitrogen and oxygen atoms in total. The summed E-state index contributed by atoms with van der Waals surface area (Å²) in [5.74, 6) is 0.602. The third kappa shape index (κ3) is 2.66. The van der Waals surface area contributed by atoms with Gasteiger partial charge in [0.15, 0.2) is 11.6 Å². The molecule has 25 heavy (non-hydrogen) atoms. The van der Waals surface area contributed by atoms with Gasteiger partial charge in [0.1, 0.15) is 5.82 Å². The van der Waals surface area contributed by atoms with E-state index in [4.69, 9.17) is 0 Å². The van der Waals surface area contributed by atoms with E-state index in [-0.39, 0.29) is 28.3 Å². The summed E-state index contributed by atoms with van der Waals surface area (Å²) in [7, 11) is 0. The first-order valence-electron chi connectivity index (χ1n) is 8.96. The number of H-pyrrole nitrogens is 1. The Balaban J connectivity index is 1.89. The van der Waals surface area contributed by atoms with Crippen LogP contribution in [0, 0.1) is 10.8 Å². The molecule has 4 rings (SSSR count). The molecule has 1 aromatic heterocycles. The Morgan fingerprint density at radius 3 is 1.88 bits per heavy atom. The van der Waals surface area contributed by atoms with E-state index in [0.717, 1.165) is 35.4 Å². The molecule has 0 aromatic carbocycles. The Kier molecular flexibility index (Phi) is 3.37. The summed E-state index contributed by atoms with van der Waals surface area (Å²) in [6, 6.07) is 0. The molecule has 2 aliphatic carbocycles. The van der Waals surface area contributed by atoms with Crippen molar-refractivity contribution in [1.29, 1.82) is 0 Å². The maximum atomic E-state index is 13.0. The van der Waals surface area contributed by atoms with Crippen LogP contribution in [0.25, 0.3) is 0 Å². The lowest BCUT2D eigenvalue weighted by Gasteiger charge is -2.43. The molecule has 3 aliphatic rings. The summed E-state index contributed by atoms with van der Waals surface area (Å²) in [6.45, 7) is 8.49. The van der Waals surface area contributed by atoms with E-state index in [0.29, 0.717) is 18.7 Å². The molecule has 0 spiro atoms. The second kappa shape index (κ2) is 5.16. The van der Waals surface area contributed by atoms with Crippen molar-refractivity contribution in [3.8, 4) is 0 Å². The van der Waals surface area contributed by atoms with Crippen molar-refractivity contribution in [2.75, 3.05) is 0 Å². The summed E-state index contributed by atoms with van der Waals surface area (Å²) in [6.07, 6.45) is 6.09. The predicted octanol–water partition coefficient (Wildman–Crippen LogP) is 3.38. The molecule has 132 valence electrons. The number of nitrogens with one attached hydrogen (secondary N) is 2. The number of ketones is 2. The fourth-order valence-electron chi connectivity index (χ4n) is 4.60. The second-order valence-corrected chi connectivity index (χ2v) is 9.20. The highest BCUT2D eigenvalue weighted by molar-refractivity contribution is 6.06. The number of hydrogen-bond acceptors (Lipinski definition) is 4. The van der Waals surface area contributed by atoms with Gasteiger partial charge in [-0.1, -0.05) is 27.7 Å². The Morgan fingerprint density at radius 1 is 0.920 bits per heavy atom. The Hall–Kier alpha value is -2.17. The van der Waals surface area contributed by atoms with Gasteiger partial charge in [0.25, 0.3) is 0 Å². The average molecular weight is 339 g/mol. The molecule has 5 heteroatoms. The molecule has 1 aromatic rings. The zero-order valence-corrected chi connectivity index (χ0v) is 15.3. The summed E-state index contributed by atoms with van der Waals surface area (Å²) in [5.41, 5.74) is 3.30. The lowest BCUT2D eigenvalue weighted by atomic mass is 9.65. The van der Waals surface area contributed by atoms with Gasteiger partial charge in [0.2, 0.25) is 0 Å². The number of hydrogen-bond donors (Lipinski definition) is 2. The smallest absolute Gasteiger partial charge is 0.162 e. The minimum Gasteiger partial charge on any atom is -0.362 e. The highest BCUT2D eigenvalue weighted by Crippen LogP contribution is 2.50. The van der Waals surface area contributed by atoms with Gasteiger partial charge in [-0.2, -0.15) is 0 Å². The highest BCUT2D eigenvalue weighted by atomic mass is 16.1. The van der Waals surface area contributed by atoms with Crippen molar-refractivity contribution in [1.82, 2.24) is 15.3 Å².